The molecule has 0 bridgehead atoms. The van der Waals surface area contributed by atoms with Crippen molar-refractivity contribution in [3.8, 4) is 33.6 Å². The number of rotatable bonds is 4. The lowest BCUT2D eigenvalue weighted by molar-refractivity contribution is 1.13. The van der Waals surface area contributed by atoms with E-state index in [1.165, 1.54) is 65.9 Å². The summed E-state index contributed by atoms with van der Waals surface area (Å²) >= 11 is 0. The first-order valence-electron chi connectivity index (χ1n) is 15.1. The number of aromatic nitrogens is 2. The van der Waals surface area contributed by atoms with Gasteiger partial charge in [-0.3, -0.25) is 0 Å². The summed E-state index contributed by atoms with van der Waals surface area (Å²) in [4.78, 5) is 0. The van der Waals surface area contributed by atoms with Crippen molar-refractivity contribution in [1.29, 1.82) is 0 Å². The maximum absolute atomic E-state index is 2.42. The zero-order valence-corrected chi connectivity index (χ0v) is 24.1. The number of para-hydroxylation sites is 4. The summed E-state index contributed by atoms with van der Waals surface area (Å²) in [6.07, 6.45) is 0. The van der Waals surface area contributed by atoms with Crippen LogP contribution in [0.4, 0.5) is 0 Å². The maximum Gasteiger partial charge on any atom is 0.0541 e. The molecule has 0 saturated heterocycles. The predicted molar refractivity (Wildman–Crippen MR) is 186 cm³/mol. The molecular formula is C42H28N2. The molecule has 2 aromatic heterocycles. The highest BCUT2D eigenvalue weighted by atomic mass is 15.0. The van der Waals surface area contributed by atoms with Crippen LogP contribution >= 0.6 is 0 Å². The predicted octanol–water partition coefficient (Wildman–Crippen LogP) is 11.2. The molecule has 0 spiro atoms. The second kappa shape index (κ2) is 9.86. The van der Waals surface area contributed by atoms with E-state index in [1.54, 1.807) is 0 Å². The Bertz CT molecular complexity index is 2260. The third kappa shape index (κ3) is 3.82. The third-order valence-corrected chi connectivity index (χ3v) is 8.88. The fraction of sp³-hybridized carbons (Fsp3) is 0. The number of nitrogens with zero attached hydrogens (tertiary/aromatic N) is 2. The van der Waals surface area contributed by atoms with Gasteiger partial charge in [-0.05, 0) is 70.8 Å². The van der Waals surface area contributed by atoms with E-state index in [0.717, 1.165) is 11.4 Å². The normalized spacial score (nSPS) is 11.6. The average Bonchev–Trinajstić information content (AvgIpc) is 3.62. The molecule has 44 heavy (non-hydrogen) atoms. The Morgan fingerprint density at radius 3 is 1.07 bits per heavy atom. The fourth-order valence-electron chi connectivity index (χ4n) is 6.93. The van der Waals surface area contributed by atoms with Crippen molar-refractivity contribution in [2.24, 2.45) is 0 Å². The largest absolute Gasteiger partial charge is 0.309 e. The van der Waals surface area contributed by atoms with E-state index >= 15 is 0 Å². The Morgan fingerprint density at radius 1 is 0.250 bits per heavy atom. The van der Waals surface area contributed by atoms with E-state index < -0.39 is 0 Å². The summed E-state index contributed by atoms with van der Waals surface area (Å²) in [6, 6.07) is 61.5. The van der Waals surface area contributed by atoms with Gasteiger partial charge in [0.25, 0.3) is 0 Å². The van der Waals surface area contributed by atoms with Gasteiger partial charge in [-0.25, -0.2) is 0 Å². The molecule has 0 unspecified atom stereocenters. The Morgan fingerprint density at radius 2 is 0.614 bits per heavy atom. The molecule has 0 atom stereocenters. The van der Waals surface area contributed by atoms with Crippen LogP contribution in [0.1, 0.15) is 0 Å². The lowest BCUT2D eigenvalue weighted by Crippen LogP contribution is -2.00. The zero-order chi connectivity index (χ0) is 29.0. The standard InChI is InChI=1S/C42H28N2/c1-2-13-29(14-3-1)30-15-12-16-31(25-30)32-26-33(43-39-21-8-4-17-35(39)36-18-5-9-22-40(36)43)28-34(27-32)44-41-23-10-6-19-37(41)38-20-7-11-24-42(38)44/h1-28H. The van der Waals surface area contributed by atoms with Crippen molar-refractivity contribution in [3.05, 3.63) is 170 Å². The minimum Gasteiger partial charge on any atom is -0.309 e. The second-order valence-electron chi connectivity index (χ2n) is 11.4. The van der Waals surface area contributed by atoms with Crippen molar-refractivity contribution < 1.29 is 0 Å². The fourth-order valence-corrected chi connectivity index (χ4v) is 6.93. The van der Waals surface area contributed by atoms with Crippen LogP contribution in [-0.4, -0.2) is 9.13 Å². The molecule has 2 nitrogen and oxygen atoms in total. The molecule has 0 saturated carbocycles. The van der Waals surface area contributed by atoms with Gasteiger partial charge in [0.05, 0.1) is 22.1 Å². The Kier molecular flexibility index (Phi) is 5.54. The van der Waals surface area contributed by atoms with Gasteiger partial charge in [-0.1, -0.05) is 121 Å². The van der Waals surface area contributed by atoms with E-state index in [4.69, 9.17) is 0 Å². The monoisotopic (exact) mass is 560 g/mol. The lowest BCUT2D eigenvalue weighted by Gasteiger charge is -2.16. The van der Waals surface area contributed by atoms with Gasteiger partial charge in [-0.15, -0.1) is 0 Å². The Balaban J connectivity index is 1.37. The van der Waals surface area contributed by atoms with Crippen molar-refractivity contribution in [3.63, 3.8) is 0 Å². The molecule has 7 aromatic carbocycles. The quantitative estimate of drug-likeness (QED) is 0.203. The number of hydrogen-bond acceptors (Lipinski definition) is 0. The van der Waals surface area contributed by atoms with Crippen LogP contribution in [0, 0.1) is 0 Å². The highest BCUT2D eigenvalue weighted by Crippen LogP contribution is 2.38. The molecule has 0 amide bonds. The van der Waals surface area contributed by atoms with Gasteiger partial charge in [0.15, 0.2) is 0 Å². The molecule has 0 aliphatic heterocycles. The van der Waals surface area contributed by atoms with Gasteiger partial charge >= 0.3 is 0 Å². The minimum absolute atomic E-state index is 1.14. The number of fused-ring (bicyclic) bond motifs is 6. The van der Waals surface area contributed by atoms with Gasteiger partial charge in [-0.2, -0.15) is 0 Å². The van der Waals surface area contributed by atoms with E-state index in [1.807, 2.05) is 0 Å². The summed E-state index contributed by atoms with van der Waals surface area (Å²) < 4.78 is 4.85. The van der Waals surface area contributed by atoms with Crippen molar-refractivity contribution >= 4 is 43.6 Å². The van der Waals surface area contributed by atoms with Crippen LogP contribution in [0.3, 0.4) is 0 Å². The van der Waals surface area contributed by atoms with Gasteiger partial charge in [0, 0.05) is 32.9 Å². The Hall–Kier alpha value is -5.86. The molecule has 9 rings (SSSR count). The van der Waals surface area contributed by atoms with Crippen LogP contribution in [0.2, 0.25) is 0 Å². The molecule has 0 aliphatic carbocycles. The van der Waals surface area contributed by atoms with Gasteiger partial charge in [0.1, 0.15) is 0 Å². The lowest BCUT2D eigenvalue weighted by atomic mass is 9.98. The Labute approximate surface area is 255 Å². The number of benzene rings is 7. The summed E-state index contributed by atoms with van der Waals surface area (Å²) in [5.41, 5.74) is 11.9. The first-order chi connectivity index (χ1) is 21.8. The molecule has 0 radical (unpaired) electrons. The van der Waals surface area contributed by atoms with Crippen LogP contribution in [0.15, 0.2) is 170 Å². The first kappa shape index (κ1) is 24.7. The SMILES string of the molecule is c1ccc(-c2cccc(-c3cc(-n4c5ccccc5c5ccccc54)cc(-n4c5ccccc5c5ccccc54)c3)c2)cc1. The van der Waals surface area contributed by atoms with Gasteiger partial charge in [0.2, 0.25) is 0 Å². The molecule has 206 valence electrons. The summed E-state index contributed by atoms with van der Waals surface area (Å²) in [5, 5.41) is 5.05. The van der Waals surface area contributed by atoms with Crippen molar-refractivity contribution in [2.45, 2.75) is 0 Å². The van der Waals surface area contributed by atoms with E-state index in [9.17, 15) is 0 Å². The highest BCUT2D eigenvalue weighted by molar-refractivity contribution is 6.10. The first-order valence-corrected chi connectivity index (χ1v) is 15.1. The average molecular weight is 561 g/mol. The minimum atomic E-state index is 1.14. The second-order valence-corrected chi connectivity index (χ2v) is 11.4. The summed E-state index contributed by atoms with van der Waals surface area (Å²) in [5.74, 6) is 0. The molecule has 2 heterocycles. The maximum atomic E-state index is 2.42. The van der Waals surface area contributed by atoms with E-state index in [0.29, 0.717) is 0 Å². The van der Waals surface area contributed by atoms with Gasteiger partial charge < -0.3 is 9.13 Å². The zero-order valence-electron chi connectivity index (χ0n) is 24.1. The third-order valence-electron chi connectivity index (χ3n) is 8.88. The van der Waals surface area contributed by atoms with E-state index in [2.05, 4.69) is 179 Å². The highest BCUT2D eigenvalue weighted by Gasteiger charge is 2.17. The summed E-state index contributed by atoms with van der Waals surface area (Å²) in [7, 11) is 0. The van der Waals surface area contributed by atoms with Crippen LogP contribution in [-0.2, 0) is 0 Å². The van der Waals surface area contributed by atoms with Crippen molar-refractivity contribution in [2.75, 3.05) is 0 Å². The van der Waals surface area contributed by atoms with Crippen LogP contribution < -0.4 is 0 Å². The summed E-state index contributed by atoms with van der Waals surface area (Å²) in [6.45, 7) is 0. The molecule has 9 aromatic rings. The molecule has 0 aliphatic rings. The molecule has 0 fully saturated rings. The number of hydrogen-bond donors (Lipinski definition) is 0. The topological polar surface area (TPSA) is 9.86 Å². The van der Waals surface area contributed by atoms with Crippen LogP contribution in [0.25, 0.3) is 77.2 Å². The van der Waals surface area contributed by atoms with E-state index in [-0.39, 0.29) is 0 Å². The van der Waals surface area contributed by atoms with Crippen molar-refractivity contribution in [1.82, 2.24) is 9.13 Å². The van der Waals surface area contributed by atoms with Crippen LogP contribution in [0.5, 0.6) is 0 Å². The molecule has 2 heteroatoms. The molecular weight excluding hydrogens is 532 g/mol. The smallest absolute Gasteiger partial charge is 0.0541 e. The molecule has 0 N–H and O–H groups in total.